The Labute approximate surface area is 326 Å². The molecule has 0 saturated heterocycles. The van der Waals surface area contributed by atoms with Gasteiger partial charge in [-0.05, 0) is 22.6 Å². The molecule has 0 atom stereocenters. The minimum absolute atomic E-state index is 0. The fraction of sp³-hybridized carbons (Fsp3) is 0.174. The molecule has 0 radical (unpaired) electrons. The molecule has 1 N–H and O–H groups in total. The van der Waals surface area contributed by atoms with Crippen molar-refractivity contribution < 1.29 is 35.0 Å². The van der Waals surface area contributed by atoms with Crippen molar-refractivity contribution in [3.05, 3.63) is 144 Å². The molecule has 0 fully saturated rings. The van der Waals surface area contributed by atoms with Gasteiger partial charge in [0.1, 0.15) is 0 Å². The second-order valence-corrected chi connectivity index (χ2v) is 26.4. The number of phenols is 1. The van der Waals surface area contributed by atoms with Crippen LogP contribution in [0.15, 0.2) is 121 Å². The first-order valence-corrected chi connectivity index (χ1v) is 24.9. The number of fused-ring (bicyclic) bond motifs is 2. The van der Waals surface area contributed by atoms with Crippen LogP contribution in [0.5, 0.6) is 5.75 Å². The van der Waals surface area contributed by atoms with E-state index in [2.05, 4.69) is 86.6 Å². The topological polar surface area (TPSA) is 46.0 Å². The molecule has 53 heavy (non-hydrogen) atoms. The van der Waals surface area contributed by atoms with Gasteiger partial charge in [0.05, 0.1) is 0 Å². The summed E-state index contributed by atoms with van der Waals surface area (Å²) >= 11 is -2.13. The van der Waals surface area contributed by atoms with E-state index in [1.807, 2.05) is 54.7 Å². The molecule has 0 saturated carbocycles. The van der Waals surface area contributed by atoms with Gasteiger partial charge in [0.25, 0.3) is 0 Å². The van der Waals surface area contributed by atoms with Crippen molar-refractivity contribution in [1.29, 1.82) is 0 Å². The number of hydrogen-bond acceptors (Lipinski definition) is 3. The molecule has 7 aromatic rings. The molecule has 7 heteroatoms. The third-order valence-corrected chi connectivity index (χ3v) is 14.5. The molecule has 5 aromatic carbocycles. The number of halogens is 2. The van der Waals surface area contributed by atoms with E-state index in [0.717, 1.165) is 39.1 Å². The van der Waals surface area contributed by atoms with Gasteiger partial charge in [-0.2, -0.15) is 0 Å². The molecule has 268 valence electrons. The van der Waals surface area contributed by atoms with Crippen LogP contribution in [0.3, 0.4) is 0 Å². The van der Waals surface area contributed by atoms with Crippen LogP contribution in [-0.4, -0.2) is 28.3 Å². The Morgan fingerprint density at radius 3 is 2.09 bits per heavy atom. The molecule has 3 nitrogen and oxygen atoms in total. The van der Waals surface area contributed by atoms with Crippen molar-refractivity contribution in [1.82, 2.24) is 9.97 Å². The number of rotatable bonds is 5. The number of phenolic OH excluding ortho intramolecular Hbond substituents is 1. The Morgan fingerprint density at radius 2 is 1.42 bits per heavy atom. The van der Waals surface area contributed by atoms with E-state index in [9.17, 15) is 5.11 Å². The Morgan fingerprint density at radius 1 is 0.717 bits per heavy atom. The predicted octanol–water partition coefficient (Wildman–Crippen LogP) is 11.8. The van der Waals surface area contributed by atoms with Crippen molar-refractivity contribution in [2.75, 3.05) is 0 Å². The third kappa shape index (κ3) is 6.57. The van der Waals surface area contributed by atoms with Gasteiger partial charge in [0.2, 0.25) is 0 Å². The molecule has 0 aliphatic heterocycles. The fourth-order valence-electron chi connectivity index (χ4n) is 7.24. The molecule has 0 bridgehead atoms. The molecule has 1 aliphatic carbocycles. The van der Waals surface area contributed by atoms with Crippen molar-refractivity contribution >= 4 is 28.4 Å². The molecule has 8 rings (SSSR count). The summed E-state index contributed by atoms with van der Waals surface area (Å²) in [5.74, 6) is 3.35. The minimum atomic E-state index is -3.37. The zero-order valence-electron chi connectivity index (χ0n) is 30.5. The molecule has 1 aliphatic rings. The summed E-state index contributed by atoms with van der Waals surface area (Å²) in [5, 5.41) is 12.2. The smallest absolute Gasteiger partial charge is 0 e. The maximum absolute atomic E-state index is 16.9. The first-order valence-electron chi connectivity index (χ1n) is 17.6. The Balaban J connectivity index is 0.00000435. The summed E-state index contributed by atoms with van der Waals surface area (Å²) in [5.41, 5.74) is 7.10. The third-order valence-electron chi connectivity index (χ3n) is 10.1. The number of hydrogen-bond donors (Lipinski definition) is 1. The van der Waals surface area contributed by atoms with Gasteiger partial charge in [-0.25, -0.2) is 0 Å². The number of alkyl halides is 2. The van der Waals surface area contributed by atoms with Crippen molar-refractivity contribution in [2.45, 2.75) is 49.4 Å². The average molecular weight is 942 g/mol. The Kier molecular flexibility index (Phi) is 9.36. The molecule has 2 heterocycles. The van der Waals surface area contributed by atoms with Crippen molar-refractivity contribution in [3.63, 3.8) is 0 Å². The SMILES string of the molecule is CC(C)(C)c1cc(-c2cc(-c3ccccc3)ccn2)[c-]c(-c2cc3ccc(-c4cc[c]([Ge]([CH3])([CH3])[CH3])cc4)c4c3c(n2)-c2c(O)cccc2C4(F)F)c1.[Pt]. The summed E-state index contributed by atoms with van der Waals surface area (Å²) in [7, 11) is 0. The van der Waals surface area contributed by atoms with E-state index in [0.29, 0.717) is 27.7 Å². The number of aromatic nitrogens is 2. The van der Waals surface area contributed by atoms with E-state index >= 15 is 8.78 Å². The number of pyridine rings is 2. The molecular formula is C46H39F2GeN2OPt-. The van der Waals surface area contributed by atoms with E-state index < -0.39 is 19.2 Å². The van der Waals surface area contributed by atoms with Gasteiger partial charge in [-0.1, -0.05) is 62.7 Å². The van der Waals surface area contributed by atoms with Crippen molar-refractivity contribution in [2.24, 2.45) is 0 Å². The summed E-state index contributed by atoms with van der Waals surface area (Å²) in [6.45, 7) is 6.47. The fourth-order valence-corrected chi connectivity index (χ4v) is 9.69. The zero-order chi connectivity index (χ0) is 36.6. The van der Waals surface area contributed by atoms with E-state index in [4.69, 9.17) is 9.97 Å². The van der Waals surface area contributed by atoms with Crippen molar-refractivity contribution in [3.8, 4) is 61.8 Å². The van der Waals surface area contributed by atoms with Crippen LogP contribution in [-0.2, 0) is 32.4 Å². The normalized spacial score (nSPS) is 13.4. The van der Waals surface area contributed by atoms with Gasteiger partial charge < -0.3 is 0 Å². The first-order chi connectivity index (χ1) is 24.7. The van der Waals surface area contributed by atoms with Crippen LogP contribution in [0.4, 0.5) is 8.78 Å². The number of nitrogens with zero attached hydrogens (tertiary/aromatic N) is 2. The van der Waals surface area contributed by atoms with Crippen LogP contribution in [0, 0.1) is 6.07 Å². The quantitative estimate of drug-likeness (QED) is 0.138. The molecule has 0 amide bonds. The second kappa shape index (κ2) is 13.4. The van der Waals surface area contributed by atoms with Crippen LogP contribution in [0.1, 0.15) is 37.5 Å². The number of aromatic hydroxyl groups is 1. The Bertz CT molecular complexity index is 2520. The zero-order valence-corrected chi connectivity index (χ0v) is 34.8. The summed E-state index contributed by atoms with van der Waals surface area (Å²) < 4.78 is 35.1. The monoisotopic (exact) mass is 942 g/mol. The molecule has 0 unspecified atom stereocenters. The Hall–Kier alpha value is -4.45. The summed E-state index contributed by atoms with van der Waals surface area (Å²) in [6, 6.07) is 40.1. The van der Waals surface area contributed by atoms with Gasteiger partial charge >= 0.3 is 194 Å². The second-order valence-electron chi connectivity index (χ2n) is 15.8. The van der Waals surface area contributed by atoms with Gasteiger partial charge in [-0.15, -0.1) is 11.6 Å². The maximum atomic E-state index is 16.9. The average Bonchev–Trinajstić information content (AvgIpc) is 3.13. The summed E-state index contributed by atoms with van der Waals surface area (Å²) in [6.07, 6.45) is 1.81. The van der Waals surface area contributed by atoms with E-state index in [1.54, 1.807) is 6.07 Å². The predicted molar refractivity (Wildman–Crippen MR) is 212 cm³/mol. The summed E-state index contributed by atoms with van der Waals surface area (Å²) in [4.78, 5) is 9.88. The number of benzene rings is 5. The standard InChI is InChI=1S/C46H39F2GeN2O.Pt/c1-45(2,3)34-24-32(38-26-30(21-22-50-38)28-11-8-7-9-12-28)23-33(25-34)39-27-31-17-20-36(29-15-18-35(19-16-29)49(4,5)6)43-41(31)44(51-39)42-37(46(43,47)48)13-10-14-40(42)52;/h7-22,24-27,52H,1-6H3;/q-1;. The van der Waals surface area contributed by atoms with E-state index in [1.165, 1.54) is 22.6 Å². The van der Waals surface area contributed by atoms with E-state index in [-0.39, 0.29) is 48.9 Å². The van der Waals surface area contributed by atoms with Gasteiger partial charge in [-0.3, -0.25) is 4.98 Å². The minimum Gasteiger partial charge on any atom is 0 e. The first kappa shape index (κ1) is 36.9. The van der Waals surface area contributed by atoms with Crippen LogP contribution >= 0.6 is 0 Å². The molecule has 2 aromatic heterocycles. The molecular weight excluding hydrogens is 902 g/mol. The van der Waals surface area contributed by atoms with Crippen LogP contribution in [0.25, 0.3) is 66.8 Å². The van der Waals surface area contributed by atoms with Crippen LogP contribution < -0.4 is 4.40 Å². The van der Waals surface area contributed by atoms with Gasteiger partial charge in [0, 0.05) is 33.0 Å². The molecule has 0 spiro atoms. The van der Waals surface area contributed by atoms with Gasteiger partial charge in [0.15, 0.2) is 0 Å². The van der Waals surface area contributed by atoms with Crippen LogP contribution in [0.2, 0.25) is 17.3 Å².